The number of rotatable bonds is 2. The number of imidazole rings is 1. The van der Waals surface area contributed by atoms with Crippen LogP contribution >= 0.6 is 11.6 Å². The van der Waals surface area contributed by atoms with Gasteiger partial charge in [-0.25, -0.2) is 9.50 Å². The quantitative estimate of drug-likeness (QED) is 0.577. The van der Waals surface area contributed by atoms with Gasteiger partial charge in [0.2, 0.25) is 0 Å². The lowest BCUT2D eigenvalue weighted by Gasteiger charge is -2.04. The van der Waals surface area contributed by atoms with E-state index in [1.165, 1.54) is 0 Å². The third-order valence-corrected chi connectivity index (χ3v) is 4.10. The van der Waals surface area contributed by atoms with Gasteiger partial charge in [-0.1, -0.05) is 29.8 Å². The first-order chi connectivity index (χ1) is 11.7. The van der Waals surface area contributed by atoms with Gasteiger partial charge in [-0.3, -0.25) is 0 Å². The number of nitrogens with zero attached hydrogens (tertiary/aromatic N) is 3. The molecule has 4 aromatic rings. The van der Waals surface area contributed by atoms with Crippen LogP contribution in [-0.2, 0) is 0 Å². The molecule has 4 rings (SSSR count). The van der Waals surface area contributed by atoms with E-state index in [2.05, 4.69) is 10.1 Å². The number of phenols is 2. The van der Waals surface area contributed by atoms with Gasteiger partial charge in [-0.15, -0.1) is 0 Å². The van der Waals surface area contributed by atoms with Crippen LogP contribution in [0.2, 0.25) is 5.02 Å². The Hall–Kier alpha value is -3.05. The van der Waals surface area contributed by atoms with Gasteiger partial charge in [-0.2, -0.15) is 5.10 Å². The standard InChI is InChI=1S/C18H12ClN3O2/c19-13-7-3-6-12(17(13)24)18-21-16(11-5-1-2-9-15(11)23)14-8-4-10-20-22(14)18/h1-10,23-24H. The highest BCUT2D eigenvalue weighted by Gasteiger charge is 2.19. The summed E-state index contributed by atoms with van der Waals surface area (Å²) in [6.45, 7) is 0. The van der Waals surface area contributed by atoms with Gasteiger partial charge in [0.15, 0.2) is 5.82 Å². The topological polar surface area (TPSA) is 70.7 Å². The summed E-state index contributed by atoms with van der Waals surface area (Å²) < 4.78 is 1.62. The molecule has 0 amide bonds. The minimum atomic E-state index is -0.0550. The first-order valence-electron chi connectivity index (χ1n) is 7.27. The average molecular weight is 338 g/mol. The van der Waals surface area contributed by atoms with Crippen molar-refractivity contribution in [2.45, 2.75) is 0 Å². The van der Waals surface area contributed by atoms with Crippen molar-refractivity contribution in [2.75, 3.05) is 0 Å². The molecule has 0 saturated carbocycles. The maximum Gasteiger partial charge on any atom is 0.165 e. The second-order valence-corrected chi connectivity index (χ2v) is 5.67. The van der Waals surface area contributed by atoms with Gasteiger partial charge in [0.25, 0.3) is 0 Å². The molecule has 5 nitrogen and oxygen atoms in total. The van der Waals surface area contributed by atoms with Gasteiger partial charge in [-0.05, 0) is 36.4 Å². The fraction of sp³-hybridized carbons (Fsp3) is 0. The molecule has 6 heteroatoms. The molecule has 2 aromatic heterocycles. The second-order valence-electron chi connectivity index (χ2n) is 5.26. The molecule has 2 heterocycles. The molecule has 0 unspecified atom stereocenters. The summed E-state index contributed by atoms with van der Waals surface area (Å²) in [5, 5.41) is 25.0. The van der Waals surface area contributed by atoms with E-state index in [1.54, 1.807) is 53.2 Å². The summed E-state index contributed by atoms with van der Waals surface area (Å²) >= 11 is 6.02. The molecule has 2 N–H and O–H groups in total. The molecule has 0 bridgehead atoms. The summed E-state index contributed by atoms with van der Waals surface area (Å²) in [5.41, 5.74) is 2.36. The van der Waals surface area contributed by atoms with Crippen molar-refractivity contribution in [3.05, 3.63) is 65.8 Å². The minimum absolute atomic E-state index is 0.0550. The number of phenolic OH excluding ortho intramolecular Hbond substituents is 2. The average Bonchev–Trinajstić information content (AvgIpc) is 2.97. The molecule has 0 aliphatic rings. The van der Waals surface area contributed by atoms with Crippen LogP contribution in [0.5, 0.6) is 11.5 Å². The fourth-order valence-electron chi connectivity index (χ4n) is 2.67. The minimum Gasteiger partial charge on any atom is -0.507 e. The van der Waals surface area contributed by atoms with Crippen molar-refractivity contribution < 1.29 is 10.2 Å². The molecule has 2 aromatic carbocycles. The summed E-state index contributed by atoms with van der Waals surface area (Å²) in [5.74, 6) is 0.521. The van der Waals surface area contributed by atoms with E-state index in [0.29, 0.717) is 28.2 Å². The summed E-state index contributed by atoms with van der Waals surface area (Å²) in [6, 6.07) is 15.7. The largest absolute Gasteiger partial charge is 0.507 e. The number of halogens is 1. The van der Waals surface area contributed by atoms with E-state index < -0.39 is 0 Å². The molecule has 0 fully saturated rings. The maximum atomic E-state index is 10.3. The molecule has 24 heavy (non-hydrogen) atoms. The SMILES string of the molecule is Oc1ccccc1-c1nc(-c2cccc(Cl)c2O)n2ncccc12. The van der Waals surface area contributed by atoms with Crippen molar-refractivity contribution in [1.82, 2.24) is 14.6 Å². The molecule has 0 radical (unpaired) electrons. The van der Waals surface area contributed by atoms with Gasteiger partial charge < -0.3 is 10.2 Å². The first-order valence-corrected chi connectivity index (χ1v) is 7.64. The molecule has 0 spiro atoms. The van der Waals surface area contributed by atoms with Gasteiger partial charge >= 0.3 is 0 Å². The first kappa shape index (κ1) is 14.5. The lowest BCUT2D eigenvalue weighted by atomic mass is 10.1. The number of aromatic nitrogens is 3. The smallest absolute Gasteiger partial charge is 0.165 e. The van der Waals surface area contributed by atoms with Crippen molar-refractivity contribution in [3.8, 4) is 34.1 Å². The normalized spacial score (nSPS) is 11.0. The van der Waals surface area contributed by atoms with Crippen molar-refractivity contribution >= 4 is 17.1 Å². The van der Waals surface area contributed by atoms with Crippen LogP contribution in [0.15, 0.2) is 60.8 Å². The summed E-state index contributed by atoms with van der Waals surface area (Å²) in [6.07, 6.45) is 1.63. The number of benzene rings is 2. The Morgan fingerprint density at radius 2 is 1.67 bits per heavy atom. The monoisotopic (exact) mass is 337 g/mol. The number of hydrogen-bond donors (Lipinski definition) is 2. The van der Waals surface area contributed by atoms with Gasteiger partial charge in [0, 0.05) is 11.8 Å². The van der Waals surface area contributed by atoms with Crippen molar-refractivity contribution in [2.24, 2.45) is 0 Å². The third-order valence-electron chi connectivity index (χ3n) is 3.80. The number of aromatic hydroxyl groups is 2. The number of para-hydroxylation sites is 2. The molecular formula is C18H12ClN3O2. The van der Waals surface area contributed by atoms with Crippen LogP contribution in [0, 0.1) is 0 Å². The highest BCUT2D eigenvalue weighted by molar-refractivity contribution is 6.32. The van der Waals surface area contributed by atoms with Crippen LogP contribution in [0.3, 0.4) is 0 Å². The molecular weight excluding hydrogens is 326 g/mol. The molecule has 0 saturated heterocycles. The van der Waals surface area contributed by atoms with E-state index >= 15 is 0 Å². The highest BCUT2D eigenvalue weighted by atomic mass is 35.5. The maximum absolute atomic E-state index is 10.3. The van der Waals surface area contributed by atoms with E-state index in [0.717, 1.165) is 0 Å². The molecule has 0 aliphatic heterocycles. The molecule has 0 atom stereocenters. The predicted octanol–water partition coefficient (Wildman–Crippen LogP) is 4.13. The van der Waals surface area contributed by atoms with E-state index in [1.807, 2.05) is 12.1 Å². The van der Waals surface area contributed by atoms with Crippen LogP contribution in [0.25, 0.3) is 28.2 Å². The third kappa shape index (κ3) is 2.18. The Morgan fingerprint density at radius 1 is 0.875 bits per heavy atom. The lowest BCUT2D eigenvalue weighted by Crippen LogP contribution is -1.93. The summed E-state index contributed by atoms with van der Waals surface area (Å²) in [4.78, 5) is 4.61. The Bertz CT molecular complexity index is 1060. The van der Waals surface area contributed by atoms with Crippen LogP contribution in [0.4, 0.5) is 0 Å². The Kier molecular flexibility index (Phi) is 3.36. The van der Waals surface area contributed by atoms with Crippen LogP contribution in [-0.4, -0.2) is 24.8 Å². The molecule has 0 aliphatic carbocycles. The van der Waals surface area contributed by atoms with Gasteiger partial charge in [0.1, 0.15) is 17.2 Å². The van der Waals surface area contributed by atoms with Crippen LogP contribution < -0.4 is 0 Å². The highest BCUT2D eigenvalue weighted by Crippen LogP contribution is 2.38. The fourth-order valence-corrected chi connectivity index (χ4v) is 2.85. The van der Waals surface area contributed by atoms with Crippen molar-refractivity contribution in [3.63, 3.8) is 0 Å². The second kappa shape index (κ2) is 5.54. The Morgan fingerprint density at radius 3 is 2.50 bits per heavy atom. The lowest BCUT2D eigenvalue weighted by molar-refractivity contribution is 0.477. The van der Waals surface area contributed by atoms with Gasteiger partial charge in [0.05, 0.1) is 16.1 Å². The number of fused-ring (bicyclic) bond motifs is 1. The zero-order valence-electron chi connectivity index (χ0n) is 12.4. The zero-order chi connectivity index (χ0) is 16.7. The van der Waals surface area contributed by atoms with E-state index in [-0.39, 0.29) is 16.5 Å². The summed E-state index contributed by atoms with van der Waals surface area (Å²) in [7, 11) is 0. The Labute approximate surface area is 142 Å². The van der Waals surface area contributed by atoms with E-state index in [4.69, 9.17) is 11.6 Å². The predicted molar refractivity (Wildman–Crippen MR) is 92.2 cm³/mol. The Balaban J connectivity index is 2.06. The zero-order valence-corrected chi connectivity index (χ0v) is 13.1. The van der Waals surface area contributed by atoms with Crippen LogP contribution in [0.1, 0.15) is 0 Å². The van der Waals surface area contributed by atoms with Crippen molar-refractivity contribution in [1.29, 1.82) is 0 Å². The van der Waals surface area contributed by atoms with E-state index in [9.17, 15) is 10.2 Å². The molecule has 118 valence electrons. The number of hydrogen-bond acceptors (Lipinski definition) is 4.